The number of nitrogens with zero attached hydrogens (tertiary/aromatic N) is 2. The fourth-order valence-corrected chi connectivity index (χ4v) is 0.884. The van der Waals surface area contributed by atoms with Crippen LogP contribution in [0.3, 0.4) is 0 Å². The van der Waals surface area contributed by atoms with E-state index in [1.54, 1.807) is 6.07 Å². The molecule has 0 fully saturated rings. The third kappa shape index (κ3) is 2.26. The highest BCUT2D eigenvalue weighted by Gasteiger charge is 2.08. The number of nitriles is 1. The molecule has 0 spiro atoms. The molecule has 0 saturated heterocycles. The number of methoxy groups -OCH3 is 1. The fourth-order valence-electron chi connectivity index (χ4n) is 0.884. The lowest BCUT2D eigenvalue weighted by atomic mass is 10.2. The van der Waals surface area contributed by atoms with Crippen LogP contribution in [0, 0.1) is 17.1 Å². The number of pyridine rings is 1. The van der Waals surface area contributed by atoms with E-state index >= 15 is 0 Å². The molecule has 0 atom stereocenters. The normalized spacial score (nSPS) is 9.21. The van der Waals surface area contributed by atoms with Gasteiger partial charge in [-0.2, -0.15) is 5.26 Å². The minimum absolute atomic E-state index is 0.0640. The van der Waals surface area contributed by atoms with Gasteiger partial charge in [0.1, 0.15) is 6.07 Å². The van der Waals surface area contributed by atoms with Gasteiger partial charge in [-0.05, 0) is 6.07 Å². The maximum Gasteiger partial charge on any atom is 0.311 e. The molecule has 72 valence electrons. The second kappa shape index (κ2) is 4.33. The molecule has 0 aliphatic carbocycles. The van der Waals surface area contributed by atoms with Crippen LogP contribution in [-0.2, 0) is 16.0 Å². The molecule has 0 saturated carbocycles. The monoisotopic (exact) mass is 194 g/mol. The zero-order valence-electron chi connectivity index (χ0n) is 7.45. The maximum atomic E-state index is 12.8. The maximum absolute atomic E-state index is 12.8. The van der Waals surface area contributed by atoms with Crippen LogP contribution < -0.4 is 0 Å². The van der Waals surface area contributed by atoms with E-state index in [1.165, 1.54) is 13.2 Å². The van der Waals surface area contributed by atoms with E-state index in [9.17, 15) is 9.18 Å². The molecule has 0 aromatic carbocycles. The summed E-state index contributed by atoms with van der Waals surface area (Å²) < 4.78 is 17.2. The smallest absolute Gasteiger partial charge is 0.311 e. The Morgan fingerprint density at radius 1 is 1.79 bits per heavy atom. The molecule has 4 nitrogen and oxygen atoms in total. The summed E-state index contributed by atoms with van der Waals surface area (Å²) in [6.45, 7) is 0. The van der Waals surface area contributed by atoms with Gasteiger partial charge >= 0.3 is 5.97 Å². The van der Waals surface area contributed by atoms with Gasteiger partial charge in [0.2, 0.25) is 0 Å². The second-order valence-corrected chi connectivity index (χ2v) is 2.52. The van der Waals surface area contributed by atoms with Crippen LogP contribution in [0.1, 0.15) is 11.3 Å². The average molecular weight is 194 g/mol. The van der Waals surface area contributed by atoms with Crippen molar-refractivity contribution in [2.24, 2.45) is 0 Å². The lowest BCUT2D eigenvalue weighted by Crippen LogP contribution is -2.06. The van der Waals surface area contributed by atoms with Crippen molar-refractivity contribution in [1.29, 1.82) is 5.26 Å². The Kier molecular flexibility index (Phi) is 3.13. The van der Waals surface area contributed by atoms with Crippen molar-refractivity contribution in [3.05, 3.63) is 29.3 Å². The van der Waals surface area contributed by atoms with Gasteiger partial charge in [-0.15, -0.1) is 0 Å². The molecule has 0 radical (unpaired) electrons. The van der Waals surface area contributed by atoms with Crippen molar-refractivity contribution in [2.75, 3.05) is 7.11 Å². The molecule has 0 unspecified atom stereocenters. The third-order valence-electron chi connectivity index (χ3n) is 1.59. The molecule has 0 amide bonds. The van der Waals surface area contributed by atoms with E-state index in [1.807, 2.05) is 0 Å². The van der Waals surface area contributed by atoms with E-state index in [2.05, 4.69) is 9.72 Å². The number of hydrogen-bond donors (Lipinski definition) is 0. The zero-order valence-corrected chi connectivity index (χ0v) is 7.45. The molecule has 1 rings (SSSR count). The predicted octanol–water partition coefficient (Wildman–Crippen LogP) is 0.808. The van der Waals surface area contributed by atoms with Gasteiger partial charge in [-0.25, -0.2) is 4.39 Å². The molecule has 1 aromatic rings. The summed E-state index contributed by atoms with van der Waals surface area (Å²) >= 11 is 0. The minimum Gasteiger partial charge on any atom is -0.469 e. The summed E-state index contributed by atoms with van der Waals surface area (Å²) in [7, 11) is 1.25. The number of ether oxygens (including phenoxy) is 1. The Hall–Kier alpha value is -1.96. The summed E-state index contributed by atoms with van der Waals surface area (Å²) in [4.78, 5) is 14.5. The number of esters is 1. The zero-order chi connectivity index (χ0) is 10.6. The first-order chi connectivity index (χ1) is 6.67. The van der Waals surface area contributed by atoms with Gasteiger partial charge in [-0.1, -0.05) is 0 Å². The van der Waals surface area contributed by atoms with Crippen LogP contribution in [0.2, 0.25) is 0 Å². The van der Waals surface area contributed by atoms with Crippen LogP contribution >= 0.6 is 0 Å². The van der Waals surface area contributed by atoms with Crippen molar-refractivity contribution < 1.29 is 13.9 Å². The van der Waals surface area contributed by atoms with Crippen molar-refractivity contribution in [1.82, 2.24) is 4.98 Å². The summed E-state index contributed by atoms with van der Waals surface area (Å²) in [6, 6.07) is 2.89. The number of rotatable bonds is 2. The highest BCUT2D eigenvalue weighted by molar-refractivity contribution is 5.71. The Bertz CT molecular complexity index is 398. The van der Waals surface area contributed by atoms with Crippen molar-refractivity contribution in [2.45, 2.75) is 6.42 Å². The molecule has 1 heterocycles. The largest absolute Gasteiger partial charge is 0.469 e. The number of carbonyl (C=O) groups is 1. The summed E-state index contributed by atoms with van der Waals surface area (Å²) in [6.07, 6.45) is 0.849. The summed E-state index contributed by atoms with van der Waals surface area (Å²) in [5.41, 5.74) is 0.189. The minimum atomic E-state index is -0.693. The van der Waals surface area contributed by atoms with Gasteiger partial charge in [-0.3, -0.25) is 9.78 Å². The van der Waals surface area contributed by atoms with Crippen molar-refractivity contribution in [3.8, 4) is 6.07 Å². The van der Waals surface area contributed by atoms with Gasteiger partial charge in [0, 0.05) is 0 Å². The molecule has 0 N–H and O–H groups in total. The highest BCUT2D eigenvalue weighted by Crippen LogP contribution is 2.07. The van der Waals surface area contributed by atoms with Gasteiger partial charge in [0.05, 0.1) is 31.0 Å². The Morgan fingerprint density at radius 3 is 3.07 bits per heavy atom. The van der Waals surface area contributed by atoms with Crippen molar-refractivity contribution in [3.63, 3.8) is 0 Å². The van der Waals surface area contributed by atoms with E-state index < -0.39 is 11.8 Å². The van der Waals surface area contributed by atoms with Crippen LogP contribution in [0.4, 0.5) is 4.39 Å². The first-order valence-corrected chi connectivity index (χ1v) is 3.78. The molecular formula is C9H7FN2O2. The topological polar surface area (TPSA) is 63.0 Å². The molecule has 5 heteroatoms. The van der Waals surface area contributed by atoms with E-state index in [0.29, 0.717) is 5.69 Å². The first kappa shape index (κ1) is 10.1. The lowest BCUT2D eigenvalue weighted by molar-refractivity contribution is -0.139. The molecule has 0 aliphatic rings. The molecule has 14 heavy (non-hydrogen) atoms. The molecule has 1 aromatic heterocycles. The summed E-state index contributed by atoms with van der Waals surface area (Å²) in [5.74, 6) is -1.17. The number of carbonyl (C=O) groups excluding carboxylic acids is 1. The summed E-state index contributed by atoms with van der Waals surface area (Å²) in [5, 5.41) is 8.50. The van der Waals surface area contributed by atoms with Crippen molar-refractivity contribution >= 4 is 5.97 Å². The lowest BCUT2D eigenvalue weighted by Gasteiger charge is -1.99. The fraction of sp³-hybridized carbons (Fsp3) is 0.222. The van der Waals surface area contributed by atoms with Crippen LogP contribution in [0.15, 0.2) is 12.3 Å². The van der Waals surface area contributed by atoms with Crippen LogP contribution in [0.25, 0.3) is 0 Å². The van der Waals surface area contributed by atoms with Crippen LogP contribution in [-0.4, -0.2) is 18.1 Å². The Balaban J connectivity index is 2.91. The van der Waals surface area contributed by atoms with Crippen LogP contribution in [0.5, 0.6) is 0 Å². The van der Waals surface area contributed by atoms with E-state index in [-0.39, 0.29) is 12.0 Å². The number of hydrogen-bond acceptors (Lipinski definition) is 4. The van der Waals surface area contributed by atoms with Gasteiger partial charge < -0.3 is 4.74 Å². The van der Waals surface area contributed by atoms with E-state index in [0.717, 1.165) is 6.20 Å². The number of halogens is 1. The van der Waals surface area contributed by atoms with Gasteiger partial charge in [0.25, 0.3) is 0 Å². The average Bonchev–Trinajstić information content (AvgIpc) is 2.20. The second-order valence-electron chi connectivity index (χ2n) is 2.52. The predicted molar refractivity (Wildman–Crippen MR) is 44.6 cm³/mol. The Morgan fingerprint density at radius 2 is 2.50 bits per heavy atom. The standard InChI is InChI=1S/C9H7FN2O2/c1-14-9(13)3-7-2-6(4-11)8(10)5-12-7/h2,5H,3H2,1H3. The third-order valence-corrected chi connectivity index (χ3v) is 1.59. The molecule has 0 aliphatic heterocycles. The molecule has 0 bridgehead atoms. The number of aromatic nitrogens is 1. The van der Waals surface area contributed by atoms with Gasteiger partial charge in [0.15, 0.2) is 5.82 Å². The first-order valence-electron chi connectivity index (χ1n) is 3.78. The highest BCUT2D eigenvalue weighted by atomic mass is 19.1. The SMILES string of the molecule is COC(=O)Cc1cc(C#N)c(F)cn1. The quantitative estimate of drug-likeness (QED) is 0.653. The Labute approximate surface area is 79.9 Å². The molecular weight excluding hydrogens is 187 g/mol. The van der Waals surface area contributed by atoms with E-state index in [4.69, 9.17) is 5.26 Å².